The van der Waals surface area contributed by atoms with E-state index >= 15 is 0 Å². The van der Waals surface area contributed by atoms with Crippen molar-refractivity contribution in [2.75, 3.05) is 0 Å². The van der Waals surface area contributed by atoms with Crippen LogP contribution in [0.25, 0.3) is 26.7 Å². The van der Waals surface area contributed by atoms with E-state index in [4.69, 9.17) is 4.42 Å². The fourth-order valence-electron chi connectivity index (χ4n) is 1.75. The molecule has 0 radical (unpaired) electrons. The molecule has 0 saturated heterocycles. The number of furan rings is 1. The predicted octanol–water partition coefficient (Wildman–Crippen LogP) is 2.60. The van der Waals surface area contributed by atoms with Crippen LogP contribution in [-0.4, -0.2) is 19.8 Å². The monoisotopic (exact) mass is 242 g/mol. The van der Waals surface area contributed by atoms with Gasteiger partial charge >= 0.3 is 0 Å². The molecule has 3 heterocycles. The van der Waals surface area contributed by atoms with E-state index in [-0.39, 0.29) is 0 Å². The Morgan fingerprint density at radius 1 is 1.24 bits per heavy atom. The van der Waals surface area contributed by atoms with E-state index in [1.807, 2.05) is 30.3 Å². The Kier molecular flexibility index (Phi) is 1.64. The van der Waals surface area contributed by atoms with Gasteiger partial charge in [-0.2, -0.15) is 4.52 Å². The number of hydrogen-bond acceptors (Lipinski definition) is 5. The predicted molar refractivity (Wildman–Crippen MR) is 63.9 cm³/mol. The zero-order chi connectivity index (χ0) is 11.2. The first-order valence-corrected chi connectivity index (χ1v) is 5.87. The quantitative estimate of drug-likeness (QED) is 0.515. The summed E-state index contributed by atoms with van der Waals surface area (Å²) < 4.78 is 7.39. The lowest BCUT2D eigenvalue weighted by Gasteiger charge is -1.85. The molecule has 0 fully saturated rings. The smallest absolute Gasteiger partial charge is 0.234 e. The molecule has 4 aromatic rings. The molecule has 0 saturated carbocycles. The standard InChI is InChI=1S/C11H6N4OS/c1-2-4-8-7(3-1)5-9(16-8)10-14-15-6-12-13-11(15)17-10/h1-6H. The van der Waals surface area contributed by atoms with Gasteiger partial charge in [0.25, 0.3) is 0 Å². The third-order valence-electron chi connectivity index (χ3n) is 2.52. The van der Waals surface area contributed by atoms with Gasteiger partial charge in [-0.25, -0.2) is 0 Å². The number of nitrogens with zero attached hydrogens (tertiary/aromatic N) is 4. The van der Waals surface area contributed by atoms with Gasteiger partial charge in [-0.15, -0.1) is 15.3 Å². The van der Waals surface area contributed by atoms with Crippen molar-refractivity contribution in [2.45, 2.75) is 0 Å². The second kappa shape index (κ2) is 3.14. The zero-order valence-electron chi connectivity index (χ0n) is 8.57. The molecule has 0 aliphatic carbocycles. The van der Waals surface area contributed by atoms with Gasteiger partial charge in [0.15, 0.2) is 10.8 Å². The van der Waals surface area contributed by atoms with Crippen LogP contribution >= 0.6 is 11.3 Å². The molecule has 4 rings (SSSR count). The molecule has 0 aliphatic rings. The largest absolute Gasteiger partial charge is 0.453 e. The van der Waals surface area contributed by atoms with Crippen LogP contribution in [0.1, 0.15) is 0 Å². The van der Waals surface area contributed by atoms with E-state index in [0.717, 1.165) is 26.7 Å². The summed E-state index contributed by atoms with van der Waals surface area (Å²) in [6.07, 6.45) is 1.58. The van der Waals surface area contributed by atoms with Crippen molar-refractivity contribution in [2.24, 2.45) is 0 Å². The van der Waals surface area contributed by atoms with Gasteiger partial charge in [0.05, 0.1) is 0 Å². The summed E-state index contributed by atoms with van der Waals surface area (Å²) in [7, 11) is 0. The van der Waals surface area contributed by atoms with Crippen LogP contribution in [0.3, 0.4) is 0 Å². The molecule has 0 aliphatic heterocycles. The Balaban J connectivity index is 1.95. The number of para-hydroxylation sites is 1. The maximum Gasteiger partial charge on any atom is 0.234 e. The van der Waals surface area contributed by atoms with Crippen LogP contribution in [0.2, 0.25) is 0 Å². The second-order valence-electron chi connectivity index (χ2n) is 3.61. The molecule has 3 aromatic heterocycles. The first kappa shape index (κ1) is 8.89. The Morgan fingerprint density at radius 2 is 2.18 bits per heavy atom. The van der Waals surface area contributed by atoms with E-state index in [0.29, 0.717) is 0 Å². The second-order valence-corrected chi connectivity index (χ2v) is 4.57. The molecule has 0 amide bonds. The van der Waals surface area contributed by atoms with E-state index in [9.17, 15) is 0 Å². The average Bonchev–Trinajstić information content (AvgIpc) is 3.01. The molecule has 1 aromatic carbocycles. The third-order valence-corrected chi connectivity index (χ3v) is 3.45. The lowest BCUT2D eigenvalue weighted by atomic mass is 10.2. The zero-order valence-corrected chi connectivity index (χ0v) is 9.39. The van der Waals surface area contributed by atoms with Gasteiger partial charge in [0.2, 0.25) is 4.96 Å². The summed E-state index contributed by atoms with van der Waals surface area (Å²) in [5.74, 6) is 0.765. The van der Waals surface area contributed by atoms with Gasteiger partial charge in [0.1, 0.15) is 11.9 Å². The highest BCUT2D eigenvalue weighted by atomic mass is 32.1. The highest BCUT2D eigenvalue weighted by Gasteiger charge is 2.12. The normalized spacial score (nSPS) is 11.5. The van der Waals surface area contributed by atoms with Crippen molar-refractivity contribution >= 4 is 27.3 Å². The minimum Gasteiger partial charge on any atom is -0.453 e. The lowest BCUT2D eigenvalue weighted by Crippen LogP contribution is -1.80. The van der Waals surface area contributed by atoms with E-state index in [1.165, 1.54) is 11.3 Å². The molecular formula is C11H6N4OS. The maximum atomic E-state index is 5.74. The van der Waals surface area contributed by atoms with Crippen molar-refractivity contribution < 1.29 is 4.42 Å². The summed E-state index contributed by atoms with van der Waals surface area (Å²) in [4.78, 5) is 0.764. The molecule has 6 heteroatoms. The minimum atomic E-state index is 0.764. The Morgan fingerprint density at radius 3 is 3.06 bits per heavy atom. The summed E-state index contributed by atoms with van der Waals surface area (Å²) in [5.41, 5.74) is 0.869. The highest BCUT2D eigenvalue weighted by molar-refractivity contribution is 7.19. The number of benzene rings is 1. The highest BCUT2D eigenvalue weighted by Crippen LogP contribution is 2.30. The van der Waals surface area contributed by atoms with Gasteiger partial charge in [0, 0.05) is 5.39 Å². The van der Waals surface area contributed by atoms with Crippen molar-refractivity contribution in [3.05, 3.63) is 36.7 Å². The van der Waals surface area contributed by atoms with Crippen LogP contribution in [0.4, 0.5) is 0 Å². The molecular weight excluding hydrogens is 236 g/mol. The van der Waals surface area contributed by atoms with Crippen LogP contribution in [0.5, 0.6) is 0 Å². The Hall–Kier alpha value is -2.21. The fourth-order valence-corrected chi connectivity index (χ4v) is 2.52. The Bertz CT molecular complexity index is 751. The van der Waals surface area contributed by atoms with Gasteiger partial charge in [-0.3, -0.25) is 0 Å². The minimum absolute atomic E-state index is 0.764. The molecule has 0 unspecified atom stereocenters. The lowest BCUT2D eigenvalue weighted by molar-refractivity contribution is 0.629. The Labute approximate surface area is 99.3 Å². The average molecular weight is 242 g/mol. The molecule has 0 atom stereocenters. The first-order chi connectivity index (χ1) is 8.40. The third kappa shape index (κ3) is 1.27. The number of rotatable bonds is 1. The summed E-state index contributed by atoms with van der Waals surface area (Å²) in [6, 6.07) is 9.89. The molecule has 0 bridgehead atoms. The van der Waals surface area contributed by atoms with Gasteiger partial charge in [-0.05, 0) is 12.1 Å². The van der Waals surface area contributed by atoms with Gasteiger partial charge < -0.3 is 4.42 Å². The molecule has 5 nitrogen and oxygen atoms in total. The number of hydrogen-bond donors (Lipinski definition) is 0. The van der Waals surface area contributed by atoms with Crippen LogP contribution in [-0.2, 0) is 0 Å². The maximum absolute atomic E-state index is 5.74. The van der Waals surface area contributed by atoms with Crippen molar-refractivity contribution in [3.63, 3.8) is 0 Å². The number of fused-ring (bicyclic) bond motifs is 2. The molecule has 17 heavy (non-hydrogen) atoms. The molecule has 82 valence electrons. The van der Waals surface area contributed by atoms with Crippen LogP contribution < -0.4 is 0 Å². The van der Waals surface area contributed by atoms with Crippen molar-refractivity contribution in [1.82, 2.24) is 19.8 Å². The first-order valence-electron chi connectivity index (χ1n) is 5.06. The number of aromatic nitrogens is 4. The summed E-state index contributed by atoms with van der Waals surface area (Å²) >= 11 is 1.46. The molecule has 0 N–H and O–H groups in total. The van der Waals surface area contributed by atoms with E-state index in [1.54, 1.807) is 10.8 Å². The summed E-state index contributed by atoms with van der Waals surface area (Å²) in [5, 5.41) is 14.0. The summed E-state index contributed by atoms with van der Waals surface area (Å²) in [6.45, 7) is 0. The SMILES string of the molecule is c1ccc2oc(-c3nn4cnnc4s3)cc2c1. The van der Waals surface area contributed by atoms with E-state index < -0.39 is 0 Å². The van der Waals surface area contributed by atoms with Crippen molar-refractivity contribution in [3.8, 4) is 10.8 Å². The van der Waals surface area contributed by atoms with Crippen LogP contribution in [0, 0.1) is 0 Å². The van der Waals surface area contributed by atoms with Crippen molar-refractivity contribution in [1.29, 1.82) is 0 Å². The van der Waals surface area contributed by atoms with Gasteiger partial charge in [-0.1, -0.05) is 29.5 Å². The molecule has 0 spiro atoms. The van der Waals surface area contributed by atoms with Crippen LogP contribution in [0.15, 0.2) is 41.1 Å². The van der Waals surface area contributed by atoms with E-state index in [2.05, 4.69) is 15.3 Å². The topological polar surface area (TPSA) is 56.2 Å². The fraction of sp³-hybridized carbons (Fsp3) is 0.